The number of thiocarbonyl (C=S) groups is 1. The predicted molar refractivity (Wildman–Crippen MR) is 134 cm³/mol. The van der Waals surface area contributed by atoms with Crippen molar-refractivity contribution >= 4 is 45.3 Å². The number of fused-ring (bicyclic) bond motifs is 1. The zero-order valence-electron chi connectivity index (χ0n) is 18.7. The van der Waals surface area contributed by atoms with Crippen molar-refractivity contribution in [1.29, 1.82) is 0 Å². The van der Waals surface area contributed by atoms with Gasteiger partial charge >= 0.3 is 5.97 Å². The Balaban J connectivity index is 1.53. The van der Waals surface area contributed by atoms with Gasteiger partial charge in [-0.25, -0.2) is 4.79 Å². The molecule has 2 aromatic heterocycles. The number of benzene rings is 1. The fraction of sp³-hybridized carbons (Fsp3) is 0.375. The summed E-state index contributed by atoms with van der Waals surface area (Å²) in [4.78, 5) is 13.9. The molecule has 0 fully saturated rings. The lowest BCUT2D eigenvalue weighted by molar-refractivity contribution is 0.0526. The van der Waals surface area contributed by atoms with Crippen molar-refractivity contribution in [3.8, 4) is 0 Å². The summed E-state index contributed by atoms with van der Waals surface area (Å²) >= 11 is 7.23. The Bertz CT molecular complexity index is 1130. The minimum atomic E-state index is -0.278. The zero-order chi connectivity index (χ0) is 22.7. The normalized spacial score (nSPS) is 12.8. The summed E-state index contributed by atoms with van der Waals surface area (Å²) in [6, 6.07) is 10.2. The maximum atomic E-state index is 12.7. The topological polar surface area (TPSA) is 68.2 Å². The number of nitrogens with one attached hydrogen (secondary N) is 2. The molecule has 32 heavy (non-hydrogen) atoms. The Morgan fingerprint density at radius 3 is 2.69 bits per heavy atom. The number of aromatic nitrogens is 2. The maximum Gasteiger partial charge on any atom is 0.341 e. The third kappa shape index (κ3) is 4.71. The van der Waals surface area contributed by atoms with Crippen molar-refractivity contribution in [2.45, 2.75) is 53.0 Å². The molecule has 1 aliphatic carbocycles. The monoisotopic (exact) mass is 468 g/mol. The molecular formula is C24H28N4O2S2. The van der Waals surface area contributed by atoms with E-state index in [9.17, 15) is 4.79 Å². The summed E-state index contributed by atoms with van der Waals surface area (Å²) in [5.74, 6) is -0.278. The number of ether oxygens (including phenoxy) is 1. The van der Waals surface area contributed by atoms with E-state index < -0.39 is 0 Å². The first-order valence-corrected chi connectivity index (χ1v) is 12.2. The van der Waals surface area contributed by atoms with Gasteiger partial charge < -0.3 is 15.4 Å². The van der Waals surface area contributed by atoms with E-state index in [1.54, 1.807) is 11.3 Å². The van der Waals surface area contributed by atoms with Crippen LogP contribution in [0.5, 0.6) is 0 Å². The molecule has 1 aliphatic rings. The molecule has 0 aliphatic heterocycles. The van der Waals surface area contributed by atoms with E-state index in [1.807, 2.05) is 43.7 Å². The van der Waals surface area contributed by atoms with Gasteiger partial charge in [-0.15, -0.1) is 11.3 Å². The highest BCUT2D eigenvalue weighted by Crippen LogP contribution is 2.38. The molecule has 0 amide bonds. The summed E-state index contributed by atoms with van der Waals surface area (Å²) < 4.78 is 7.32. The van der Waals surface area contributed by atoms with Crippen molar-refractivity contribution in [1.82, 2.24) is 9.78 Å². The highest BCUT2D eigenvalue weighted by atomic mass is 32.1. The van der Waals surface area contributed by atoms with Crippen LogP contribution in [0.4, 0.5) is 10.7 Å². The molecule has 2 heterocycles. The first-order chi connectivity index (χ1) is 15.5. The molecule has 0 unspecified atom stereocenters. The third-order valence-corrected chi connectivity index (χ3v) is 7.08. The number of carbonyl (C=O) groups is 1. The van der Waals surface area contributed by atoms with E-state index in [-0.39, 0.29) is 5.97 Å². The number of nitrogens with zero attached hydrogens (tertiary/aromatic N) is 2. The molecule has 1 aromatic carbocycles. The van der Waals surface area contributed by atoms with E-state index >= 15 is 0 Å². The Hall–Kier alpha value is -2.71. The van der Waals surface area contributed by atoms with Crippen molar-refractivity contribution in [3.05, 3.63) is 63.3 Å². The van der Waals surface area contributed by atoms with Crippen LogP contribution in [0.1, 0.15) is 57.5 Å². The SMILES string of the molecule is CCOC(=O)c1c(NC(=S)Nc2c(C)nn(Cc3ccccc3)c2C)sc2c1CCCC2. The summed E-state index contributed by atoms with van der Waals surface area (Å²) in [5, 5.41) is 12.5. The van der Waals surface area contributed by atoms with Crippen LogP contribution in [-0.4, -0.2) is 27.5 Å². The number of hydrogen-bond acceptors (Lipinski definition) is 5. The van der Waals surface area contributed by atoms with Gasteiger partial charge in [0.05, 0.1) is 35.8 Å². The van der Waals surface area contributed by atoms with Gasteiger partial charge in [0.25, 0.3) is 0 Å². The molecule has 168 valence electrons. The number of rotatable bonds is 6. The van der Waals surface area contributed by atoms with Gasteiger partial charge in [0.1, 0.15) is 5.00 Å². The molecule has 2 N–H and O–H groups in total. The van der Waals surface area contributed by atoms with Crippen molar-refractivity contribution < 1.29 is 9.53 Å². The molecule has 8 heteroatoms. The lowest BCUT2D eigenvalue weighted by Crippen LogP contribution is -2.21. The minimum Gasteiger partial charge on any atom is -0.462 e. The molecule has 0 saturated carbocycles. The second-order valence-corrected chi connectivity index (χ2v) is 9.42. The fourth-order valence-electron chi connectivity index (χ4n) is 4.11. The maximum absolute atomic E-state index is 12.7. The second kappa shape index (κ2) is 9.83. The zero-order valence-corrected chi connectivity index (χ0v) is 20.3. The molecule has 3 aromatic rings. The Morgan fingerprint density at radius 1 is 1.19 bits per heavy atom. The predicted octanol–water partition coefficient (Wildman–Crippen LogP) is 5.47. The Kier molecular flexibility index (Phi) is 6.91. The first kappa shape index (κ1) is 22.5. The van der Waals surface area contributed by atoms with E-state index in [2.05, 4.69) is 27.9 Å². The van der Waals surface area contributed by atoms with Crippen LogP contribution in [0.15, 0.2) is 30.3 Å². The number of aryl methyl sites for hydroxylation is 2. The molecule has 0 spiro atoms. The van der Waals surface area contributed by atoms with Gasteiger partial charge in [-0.05, 0) is 69.8 Å². The molecule has 0 saturated heterocycles. The molecular weight excluding hydrogens is 440 g/mol. The minimum absolute atomic E-state index is 0.278. The van der Waals surface area contributed by atoms with Gasteiger partial charge in [0, 0.05) is 4.88 Å². The first-order valence-electron chi connectivity index (χ1n) is 11.0. The van der Waals surface area contributed by atoms with Crippen molar-refractivity contribution in [2.75, 3.05) is 17.2 Å². The van der Waals surface area contributed by atoms with Crippen LogP contribution in [0, 0.1) is 13.8 Å². The van der Waals surface area contributed by atoms with E-state index in [1.165, 1.54) is 10.4 Å². The fourth-order valence-corrected chi connectivity index (χ4v) is 5.66. The van der Waals surface area contributed by atoms with Gasteiger partial charge in [-0.3, -0.25) is 4.68 Å². The summed E-state index contributed by atoms with van der Waals surface area (Å²) in [6.45, 7) is 6.87. The van der Waals surface area contributed by atoms with Crippen LogP contribution in [0.25, 0.3) is 0 Å². The van der Waals surface area contributed by atoms with E-state index in [0.29, 0.717) is 23.8 Å². The average molecular weight is 469 g/mol. The van der Waals surface area contributed by atoms with Crippen molar-refractivity contribution in [3.63, 3.8) is 0 Å². The number of carbonyl (C=O) groups excluding carboxylic acids is 1. The van der Waals surface area contributed by atoms with Crippen LogP contribution >= 0.6 is 23.6 Å². The largest absolute Gasteiger partial charge is 0.462 e. The third-order valence-electron chi connectivity index (χ3n) is 5.67. The smallest absolute Gasteiger partial charge is 0.341 e. The lowest BCUT2D eigenvalue weighted by atomic mass is 9.95. The van der Waals surface area contributed by atoms with Gasteiger partial charge in [0.2, 0.25) is 0 Å². The standard InChI is InChI=1S/C24H28N4O2S2/c1-4-30-23(29)20-18-12-8-9-13-19(18)32-22(20)26-24(31)25-21-15(2)27-28(16(21)3)14-17-10-6-5-7-11-17/h5-7,10-11H,4,8-9,12-14H2,1-3H3,(H2,25,26,31). The van der Waals surface area contributed by atoms with E-state index in [4.69, 9.17) is 17.0 Å². The van der Waals surface area contributed by atoms with E-state index in [0.717, 1.165) is 53.3 Å². The average Bonchev–Trinajstić information content (AvgIpc) is 3.26. The summed E-state index contributed by atoms with van der Waals surface area (Å²) in [6.07, 6.45) is 4.15. The molecule has 6 nitrogen and oxygen atoms in total. The lowest BCUT2D eigenvalue weighted by Gasteiger charge is -2.13. The Labute approximate surface area is 198 Å². The van der Waals surface area contributed by atoms with Gasteiger partial charge in [-0.1, -0.05) is 30.3 Å². The summed E-state index contributed by atoms with van der Waals surface area (Å²) in [7, 11) is 0. The number of esters is 1. The quantitative estimate of drug-likeness (QED) is 0.369. The highest BCUT2D eigenvalue weighted by molar-refractivity contribution is 7.80. The summed E-state index contributed by atoms with van der Waals surface area (Å²) in [5.41, 5.74) is 5.72. The van der Waals surface area contributed by atoms with Crippen LogP contribution < -0.4 is 10.6 Å². The molecule has 0 atom stereocenters. The highest BCUT2D eigenvalue weighted by Gasteiger charge is 2.27. The number of anilines is 2. The van der Waals surface area contributed by atoms with Crippen molar-refractivity contribution in [2.24, 2.45) is 0 Å². The van der Waals surface area contributed by atoms with Gasteiger partial charge in [-0.2, -0.15) is 5.10 Å². The Morgan fingerprint density at radius 2 is 1.94 bits per heavy atom. The van der Waals surface area contributed by atoms with Crippen LogP contribution in [-0.2, 0) is 24.1 Å². The van der Waals surface area contributed by atoms with Gasteiger partial charge in [0.15, 0.2) is 5.11 Å². The van der Waals surface area contributed by atoms with Crippen LogP contribution in [0.3, 0.4) is 0 Å². The molecule has 4 rings (SSSR count). The van der Waals surface area contributed by atoms with Crippen LogP contribution in [0.2, 0.25) is 0 Å². The number of thiophene rings is 1. The molecule has 0 radical (unpaired) electrons. The second-order valence-electron chi connectivity index (χ2n) is 7.90. The molecule has 0 bridgehead atoms. The number of hydrogen-bond donors (Lipinski definition) is 2.